The van der Waals surface area contributed by atoms with E-state index in [1.165, 1.54) is 29.8 Å². The van der Waals surface area contributed by atoms with Gasteiger partial charge in [-0.3, -0.25) is 4.79 Å². The molecule has 0 spiro atoms. The van der Waals surface area contributed by atoms with Gasteiger partial charge in [-0.2, -0.15) is 5.10 Å². The fraction of sp³-hybridized carbons (Fsp3) is 0.0833. The summed E-state index contributed by atoms with van der Waals surface area (Å²) in [4.78, 5) is 12.2. The van der Waals surface area contributed by atoms with E-state index in [1.807, 2.05) is 43.3 Å². The molecule has 4 rings (SSSR count). The summed E-state index contributed by atoms with van der Waals surface area (Å²) < 4.78 is 15.3. The first kappa shape index (κ1) is 18.6. The van der Waals surface area contributed by atoms with E-state index in [0.717, 1.165) is 28.7 Å². The van der Waals surface area contributed by atoms with Gasteiger partial charge in [0, 0.05) is 34.3 Å². The Balaban J connectivity index is 1.62. The van der Waals surface area contributed by atoms with Gasteiger partial charge in [0.15, 0.2) is 0 Å². The number of hydrazone groups is 1. The molecule has 1 amide bonds. The summed E-state index contributed by atoms with van der Waals surface area (Å²) in [6, 6.07) is 23.8. The lowest BCUT2D eigenvalue weighted by atomic mass is 10.1. The van der Waals surface area contributed by atoms with Crippen LogP contribution < -0.4 is 5.43 Å². The minimum atomic E-state index is -0.382. The zero-order chi connectivity index (χ0) is 20.2. The van der Waals surface area contributed by atoms with E-state index in [2.05, 4.69) is 33.3 Å². The summed E-state index contributed by atoms with van der Waals surface area (Å²) >= 11 is 0. The zero-order valence-electron chi connectivity index (χ0n) is 16.0. The molecule has 0 unspecified atom stereocenters. The number of fused-ring (bicyclic) bond motifs is 1. The van der Waals surface area contributed by atoms with Gasteiger partial charge in [0.1, 0.15) is 5.82 Å². The molecular formula is C24H20FN3O. The molecule has 0 fully saturated rings. The summed E-state index contributed by atoms with van der Waals surface area (Å²) in [7, 11) is 0. The van der Waals surface area contributed by atoms with Crippen molar-refractivity contribution in [3.05, 3.63) is 107 Å². The first-order valence-corrected chi connectivity index (χ1v) is 9.34. The molecule has 4 nitrogen and oxygen atoms in total. The smallest absolute Gasteiger partial charge is 0.271 e. The molecule has 0 bridgehead atoms. The van der Waals surface area contributed by atoms with Crippen LogP contribution in [0.4, 0.5) is 4.39 Å². The van der Waals surface area contributed by atoms with Gasteiger partial charge in [-0.25, -0.2) is 9.82 Å². The van der Waals surface area contributed by atoms with Crippen molar-refractivity contribution in [2.24, 2.45) is 5.10 Å². The van der Waals surface area contributed by atoms with E-state index in [9.17, 15) is 9.18 Å². The van der Waals surface area contributed by atoms with E-state index < -0.39 is 0 Å². The van der Waals surface area contributed by atoms with Crippen LogP contribution in [0.5, 0.6) is 0 Å². The lowest BCUT2D eigenvalue weighted by Gasteiger charge is -2.08. The van der Waals surface area contributed by atoms with Crippen LogP contribution in [0.1, 0.15) is 27.2 Å². The molecule has 4 aromatic rings. The minimum Gasteiger partial charge on any atom is -0.340 e. The molecular weight excluding hydrogens is 365 g/mol. The zero-order valence-corrected chi connectivity index (χ0v) is 16.0. The maximum absolute atomic E-state index is 13.0. The number of rotatable bonds is 5. The highest BCUT2D eigenvalue weighted by Gasteiger charge is 2.13. The van der Waals surface area contributed by atoms with Crippen molar-refractivity contribution in [2.45, 2.75) is 13.5 Å². The summed E-state index contributed by atoms with van der Waals surface area (Å²) in [5.41, 5.74) is 7.21. The van der Waals surface area contributed by atoms with E-state index >= 15 is 0 Å². The standard InChI is InChI=1S/C24H20FN3O/c1-17-22(15-26-27-24(29)19-11-13-20(25)14-12-19)21-9-5-6-10-23(21)28(17)16-18-7-3-2-4-8-18/h2-15H,16H2,1H3,(H,27,29)/b26-15+. The van der Waals surface area contributed by atoms with Crippen molar-refractivity contribution in [3.8, 4) is 0 Å². The topological polar surface area (TPSA) is 46.4 Å². The van der Waals surface area contributed by atoms with Gasteiger partial charge < -0.3 is 4.57 Å². The van der Waals surface area contributed by atoms with E-state index in [4.69, 9.17) is 0 Å². The Labute approximate surface area is 168 Å². The van der Waals surface area contributed by atoms with Crippen molar-refractivity contribution in [1.82, 2.24) is 9.99 Å². The predicted molar refractivity (Wildman–Crippen MR) is 114 cm³/mol. The summed E-state index contributed by atoms with van der Waals surface area (Å²) in [6.45, 7) is 2.80. The van der Waals surface area contributed by atoms with Gasteiger partial charge in [-0.1, -0.05) is 48.5 Å². The van der Waals surface area contributed by atoms with E-state index in [0.29, 0.717) is 5.56 Å². The highest BCUT2D eigenvalue weighted by Crippen LogP contribution is 2.25. The third-order valence-electron chi connectivity index (χ3n) is 4.93. The van der Waals surface area contributed by atoms with Gasteiger partial charge in [0.05, 0.1) is 6.21 Å². The molecule has 1 N–H and O–H groups in total. The molecule has 29 heavy (non-hydrogen) atoms. The largest absolute Gasteiger partial charge is 0.340 e. The molecule has 0 aliphatic carbocycles. The maximum Gasteiger partial charge on any atom is 0.271 e. The molecule has 1 aromatic heterocycles. The van der Waals surface area contributed by atoms with Gasteiger partial charge >= 0.3 is 0 Å². The van der Waals surface area contributed by atoms with Crippen molar-refractivity contribution in [1.29, 1.82) is 0 Å². The average molecular weight is 385 g/mol. The van der Waals surface area contributed by atoms with Crippen molar-refractivity contribution >= 4 is 23.0 Å². The first-order valence-electron chi connectivity index (χ1n) is 9.34. The van der Waals surface area contributed by atoms with Crippen LogP contribution >= 0.6 is 0 Å². The Morgan fingerprint density at radius 3 is 2.45 bits per heavy atom. The van der Waals surface area contributed by atoms with Gasteiger partial charge in [0.2, 0.25) is 0 Å². The second kappa shape index (κ2) is 8.10. The molecule has 0 atom stereocenters. The average Bonchev–Trinajstić information content (AvgIpc) is 3.01. The summed E-state index contributed by atoms with van der Waals surface area (Å²) in [5.74, 6) is -0.765. The molecule has 0 saturated heterocycles. The number of amides is 1. The maximum atomic E-state index is 13.0. The van der Waals surface area contributed by atoms with Gasteiger partial charge in [0.25, 0.3) is 5.91 Å². The molecule has 144 valence electrons. The van der Waals surface area contributed by atoms with Crippen LogP contribution in [0, 0.1) is 12.7 Å². The SMILES string of the molecule is Cc1c(/C=N/NC(=O)c2ccc(F)cc2)c2ccccc2n1Cc1ccccc1. The summed E-state index contributed by atoms with van der Waals surface area (Å²) in [5, 5.41) is 5.21. The Morgan fingerprint density at radius 2 is 1.69 bits per heavy atom. The van der Waals surface area contributed by atoms with Crippen LogP contribution in [0.2, 0.25) is 0 Å². The number of benzene rings is 3. The Hall–Kier alpha value is -3.73. The van der Waals surface area contributed by atoms with Crippen molar-refractivity contribution < 1.29 is 9.18 Å². The number of carbonyl (C=O) groups is 1. The van der Waals surface area contributed by atoms with Crippen LogP contribution in [0.25, 0.3) is 10.9 Å². The van der Waals surface area contributed by atoms with E-state index in [-0.39, 0.29) is 11.7 Å². The number of carbonyl (C=O) groups excluding carboxylic acids is 1. The van der Waals surface area contributed by atoms with E-state index in [1.54, 1.807) is 6.21 Å². The fourth-order valence-electron chi connectivity index (χ4n) is 3.41. The number of halogens is 1. The van der Waals surface area contributed by atoms with Crippen LogP contribution in [-0.2, 0) is 6.54 Å². The normalized spacial score (nSPS) is 11.2. The number of aromatic nitrogens is 1. The van der Waals surface area contributed by atoms with Gasteiger partial charge in [-0.15, -0.1) is 0 Å². The lowest BCUT2D eigenvalue weighted by molar-refractivity contribution is 0.0955. The fourth-order valence-corrected chi connectivity index (χ4v) is 3.41. The number of hydrogen-bond donors (Lipinski definition) is 1. The Bertz CT molecular complexity index is 1180. The van der Waals surface area contributed by atoms with Crippen molar-refractivity contribution in [3.63, 3.8) is 0 Å². The molecule has 0 radical (unpaired) electrons. The van der Waals surface area contributed by atoms with Crippen LogP contribution in [0.3, 0.4) is 0 Å². The number of para-hydroxylation sites is 1. The molecule has 5 heteroatoms. The highest BCUT2D eigenvalue weighted by atomic mass is 19.1. The van der Waals surface area contributed by atoms with Crippen molar-refractivity contribution in [2.75, 3.05) is 0 Å². The Morgan fingerprint density at radius 1 is 1.00 bits per heavy atom. The quantitative estimate of drug-likeness (QED) is 0.385. The Kier molecular flexibility index (Phi) is 5.20. The van der Waals surface area contributed by atoms with Gasteiger partial charge in [-0.05, 0) is 42.8 Å². The molecule has 0 aliphatic rings. The molecule has 0 saturated carbocycles. The number of nitrogens with one attached hydrogen (secondary N) is 1. The van der Waals surface area contributed by atoms with Crippen LogP contribution in [0.15, 0.2) is 84.0 Å². The first-order chi connectivity index (χ1) is 14.1. The second-order valence-electron chi connectivity index (χ2n) is 6.79. The monoisotopic (exact) mass is 385 g/mol. The summed E-state index contributed by atoms with van der Waals surface area (Å²) in [6.07, 6.45) is 1.67. The third-order valence-corrected chi connectivity index (χ3v) is 4.93. The lowest BCUT2D eigenvalue weighted by Crippen LogP contribution is -2.17. The number of hydrogen-bond acceptors (Lipinski definition) is 2. The third kappa shape index (κ3) is 3.94. The molecule has 3 aromatic carbocycles. The molecule has 1 heterocycles. The van der Waals surface area contributed by atoms with Crippen LogP contribution in [-0.4, -0.2) is 16.7 Å². The number of nitrogens with zero attached hydrogens (tertiary/aromatic N) is 2. The predicted octanol–water partition coefficient (Wildman–Crippen LogP) is 4.90. The molecule has 0 aliphatic heterocycles. The highest BCUT2D eigenvalue weighted by molar-refractivity contribution is 6.02. The second-order valence-corrected chi connectivity index (χ2v) is 6.79. The minimum absolute atomic E-state index is 0.353.